The molecule has 1 aromatic carbocycles. The van der Waals surface area contributed by atoms with E-state index >= 15 is 0 Å². The second-order valence-corrected chi connectivity index (χ2v) is 5.22. The molecule has 3 heteroatoms. The molecule has 0 amide bonds. The third-order valence-electron chi connectivity index (χ3n) is 3.31. The first-order chi connectivity index (χ1) is 7.68. The number of rotatable bonds is 2. The number of Topliss-reactive ketones (excluding diaryl/α,β-unsaturated/α-hetero) is 1. The van der Waals surface area contributed by atoms with Crippen LogP contribution in [-0.4, -0.2) is 23.5 Å². The zero-order chi connectivity index (χ0) is 11.5. The van der Waals surface area contributed by atoms with Gasteiger partial charge in [-0.25, -0.2) is 0 Å². The molecule has 1 unspecified atom stereocenters. The van der Waals surface area contributed by atoms with Crippen molar-refractivity contribution in [3.8, 4) is 0 Å². The highest BCUT2D eigenvalue weighted by molar-refractivity contribution is 7.13. The summed E-state index contributed by atoms with van der Waals surface area (Å²) in [7, 11) is 2.71. The van der Waals surface area contributed by atoms with Crippen LogP contribution in [0.4, 0.5) is 0 Å². The second-order valence-electron chi connectivity index (χ2n) is 4.49. The van der Waals surface area contributed by atoms with Gasteiger partial charge in [0.25, 0.3) is 0 Å². The van der Waals surface area contributed by atoms with Gasteiger partial charge in [-0.1, -0.05) is 33.7 Å². The van der Waals surface area contributed by atoms with Crippen molar-refractivity contribution in [1.82, 2.24) is 4.67 Å². The van der Waals surface area contributed by atoms with E-state index in [9.17, 15) is 4.79 Å². The predicted molar refractivity (Wildman–Crippen MR) is 69.5 cm³/mol. The van der Waals surface area contributed by atoms with Crippen LogP contribution in [0.1, 0.15) is 28.8 Å². The molecular weight excluding hydrogens is 217 g/mol. The minimum Gasteiger partial charge on any atom is -0.294 e. The number of benzene rings is 1. The van der Waals surface area contributed by atoms with E-state index in [-0.39, 0.29) is 5.92 Å². The summed E-state index contributed by atoms with van der Waals surface area (Å²) in [5.41, 5.74) is 2.01. The van der Waals surface area contributed by atoms with E-state index in [0.717, 1.165) is 37.1 Å². The van der Waals surface area contributed by atoms with E-state index in [0.29, 0.717) is 5.78 Å². The Morgan fingerprint density at radius 1 is 1.31 bits per heavy atom. The van der Waals surface area contributed by atoms with Crippen LogP contribution in [0.2, 0.25) is 0 Å². The first-order valence-electron chi connectivity index (χ1n) is 5.78. The Morgan fingerprint density at radius 2 is 1.94 bits per heavy atom. The van der Waals surface area contributed by atoms with Crippen LogP contribution in [0, 0.1) is 12.8 Å². The van der Waals surface area contributed by atoms with Gasteiger partial charge in [0, 0.05) is 24.6 Å². The molecule has 0 radical (unpaired) electrons. The number of nitrogens with zero attached hydrogens (tertiary/aromatic N) is 1. The molecule has 0 aromatic heterocycles. The van der Waals surface area contributed by atoms with Gasteiger partial charge in [0.2, 0.25) is 0 Å². The molecule has 1 aliphatic heterocycles. The summed E-state index contributed by atoms with van der Waals surface area (Å²) in [6.45, 7) is 4.03. The molecule has 0 N–H and O–H groups in total. The number of carbonyl (C=O) groups excluding carboxylic acids is 1. The van der Waals surface area contributed by atoms with Crippen LogP contribution in [-0.2, 0) is 0 Å². The standard InChI is InChI=1S/C13H18NOP/c1-10-4-2-3-5-12(10)13(15)11-6-8-14(16)9-7-11/h2-5,11H,6-9,16H2,1H3. The molecule has 1 saturated heterocycles. The van der Waals surface area contributed by atoms with E-state index in [4.69, 9.17) is 0 Å². The molecule has 1 atom stereocenters. The average Bonchev–Trinajstić information content (AvgIpc) is 2.30. The lowest BCUT2D eigenvalue weighted by Crippen LogP contribution is -2.30. The van der Waals surface area contributed by atoms with E-state index in [1.54, 1.807) is 0 Å². The van der Waals surface area contributed by atoms with Crippen molar-refractivity contribution in [2.45, 2.75) is 19.8 Å². The van der Waals surface area contributed by atoms with Crippen LogP contribution >= 0.6 is 9.39 Å². The van der Waals surface area contributed by atoms with Crippen molar-refractivity contribution in [2.75, 3.05) is 13.1 Å². The molecular formula is C13H18NOP. The quantitative estimate of drug-likeness (QED) is 0.580. The van der Waals surface area contributed by atoms with E-state index < -0.39 is 0 Å². The monoisotopic (exact) mass is 235 g/mol. The lowest BCUT2D eigenvalue weighted by Gasteiger charge is -2.28. The third kappa shape index (κ3) is 2.50. The van der Waals surface area contributed by atoms with Gasteiger partial charge in [-0.2, -0.15) is 0 Å². The predicted octanol–water partition coefficient (Wildman–Crippen LogP) is 2.68. The van der Waals surface area contributed by atoms with Crippen LogP contribution in [0.25, 0.3) is 0 Å². The summed E-state index contributed by atoms with van der Waals surface area (Å²) in [6, 6.07) is 7.89. The number of piperidine rings is 1. The van der Waals surface area contributed by atoms with Crippen molar-refractivity contribution in [3.05, 3.63) is 35.4 Å². The van der Waals surface area contributed by atoms with Gasteiger partial charge in [-0.05, 0) is 25.3 Å². The largest absolute Gasteiger partial charge is 0.294 e. The number of carbonyl (C=O) groups is 1. The average molecular weight is 235 g/mol. The first-order valence-corrected chi connectivity index (χ1v) is 6.29. The highest BCUT2D eigenvalue weighted by atomic mass is 31.0. The van der Waals surface area contributed by atoms with Crippen LogP contribution in [0.15, 0.2) is 24.3 Å². The molecule has 86 valence electrons. The Morgan fingerprint density at radius 3 is 2.56 bits per heavy atom. The van der Waals surface area contributed by atoms with Gasteiger partial charge in [-0.3, -0.25) is 9.46 Å². The van der Waals surface area contributed by atoms with Gasteiger partial charge >= 0.3 is 0 Å². The van der Waals surface area contributed by atoms with Gasteiger partial charge in [0.15, 0.2) is 5.78 Å². The topological polar surface area (TPSA) is 20.3 Å². The molecule has 1 fully saturated rings. The molecule has 1 heterocycles. The maximum atomic E-state index is 12.3. The van der Waals surface area contributed by atoms with Crippen LogP contribution in [0.3, 0.4) is 0 Å². The van der Waals surface area contributed by atoms with E-state index in [1.807, 2.05) is 31.2 Å². The van der Waals surface area contributed by atoms with Crippen molar-refractivity contribution in [3.63, 3.8) is 0 Å². The second kappa shape index (κ2) is 5.07. The fraction of sp³-hybridized carbons (Fsp3) is 0.462. The van der Waals surface area contributed by atoms with Gasteiger partial charge in [0.05, 0.1) is 0 Å². The fourth-order valence-corrected chi connectivity index (χ4v) is 2.53. The summed E-state index contributed by atoms with van der Waals surface area (Å²) >= 11 is 0. The maximum Gasteiger partial charge on any atom is 0.166 e. The highest BCUT2D eigenvalue weighted by Gasteiger charge is 2.24. The van der Waals surface area contributed by atoms with Gasteiger partial charge in [-0.15, -0.1) is 0 Å². The summed E-state index contributed by atoms with van der Waals surface area (Å²) in [6.07, 6.45) is 1.97. The van der Waals surface area contributed by atoms with Gasteiger partial charge < -0.3 is 0 Å². The highest BCUT2D eigenvalue weighted by Crippen LogP contribution is 2.24. The Hall–Kier alpha value is -0.720. The third-order valence-corrected chi connectivity index (χ3v) is 3.83. The summed E-state index contributed by atoms with van der Waals surface area (Å²) in [5, 5.41) is 0. The zero-order valence-electron chi connectivity index (χ0n) is 9.65. The molecule has 2 nitrogen and oxygen atoms in total. The van der Waals surface area contributed by atoms with Crippen molar-refractivity contribution >= 4 is 15.2 Å². The minimum atomic E-state index is 0.220. The normalized spacial score (nSPS) is 18.6. The van der Waals surface area contributed by atoms with Crippen LogP contribution in [0.5, 0.6) is 0 Å². The number of hydrogen-bond donors (Lipinski definition) is 0. The molecule has 16 heavy (non-hydrogen) atoms. The minimum absolute atomic E-state index is 0.220. The molecule has 2 rings (SSSR count). The molecule has 1 aliphatic rings. The lowest BCUT2D eigenvalue weighted by atomic mass is 9.88. The molecule has 1 aromatic rings. The molecule has 0 saturated carbocycles. The summed E-state index contributed by atoms with van der Waals surface area (Å²) in [5.74, 6) is 0.550. The van der Waals surface area contributed by atoms with Crippen molar-refractivity contribution in [1.29, 1.82) is 0 Å². The Balaban J connectivity index is 2.11. The molecule has 0 bridgehead atoms. The fourth-order valence-electron chi connectivity index (χ4n) is 2.23. The van der Waals surface area contributed by atoms with E-state index in [1.165, 1.54) is 0 Å². The zero-order valence-corrected chi connectivity index (χ0v) is 10.8. The number of hydrogen-bond acceptors (Lipinski definition) is 2. The maximum absolute atomic E-state index is 12.3. The summed E-state index contributed by atoms with van der Waals surface area (Å²) in [4.78, 5) is 12.3. The first kappa shape index (κ1) is 11.8. The van der Waals surface area contributed by atoms with Gasteiger partial charge in [0.1, 0.15) is 0 Å². The number of ketones is 1. The molecule has 0 aliphatic carbocycles. The molecule has 0 spiro atoms. The Labute approximate surface area is 99.3 Å². The van der Waals surface area contributed by atoms with Crippen molar-refractivity contribution < 1.29 is 4.79 Å². The van der Waals surface area contributed by atoms with Crippen LogP contribution < -0.4 is 0 Å². The Bertz CT molecular complexity index is 383. The Kier molecular flexibility index (Phi) is 3.73. The van der Waals surface area contributed by atoms with E-state index in [2.05, 4.69) is 14.1 Å². The summed E-state index contributed by atoms with van der Waals surface area (Å²) < 4.78 is 2.21. The van der Waals surface area contributed by atoms with Crippen molar-refractivity contribution in [2.24, 2.45) is 5.92 Å². The number of aryl methyl sites for hydroxylation is 1. The smallest absolute Gasteiger partial charge is 0.166 e. The SMILES string of the molecule is Cc1ccccc1C(=O)C1CCN(P)CC1. The lowest BCUT2D eigenvalue weighted by molar-refractivity contribution is 0.0878.